The van der Waals surface area contributed by atoms with Crippen molar-refractivity contribution in [3.8, 4) is 0 Å². The molecule has 1 saturated heterocycles. The average Bonchev–Trinajstić information content (AvgIpc) is 3.28. The Balaban J connectivity index is 1.41. The summed E-state index contributed by atoms with van der Waals surface area (Å²) in [5, 5.41) is 11.2. The summed E-state index contributed by atoms with van der Waals surface area (Å²) in [4.78, 5) is 19.0. The summed E-state index contributed by atoms with van der Waals surface area (Å²) in [5.74, 6) is 0.978. The van der Waals surface area contributed by atoms with E-state index in [9.17, 15) is 4.79 Å². The van der Waals surface area contributed by atoms with Crippen LogP contribution in [0.5, 0.6) is 0 Å². The molecule has 1 N–H and O–H groups in total. The van der Waals surface area contributed by atoms with Crippen molar-refractivity contribution in [3.63, 3.8) is 0 Å². The van der Waals surface area contributed by atoms with Gasteiger partial charge in [0.1, 0.15) is 6.61 Å². The Labute approximate surface area is 151 Å². The summed E-state index contributed by atoms with van der Waals surface area (Å²) in [7, 11) is 1.58. The molecule has 0 spiro atoms. The van der Waals surface area contributed by atoms with Gasteiger partial charge in [-0.1, -0.05) is 5.16 Å². The number of nitrogens with one attached hydrogen (secondary N) is 1. The van der Waals surface area contributed by atoms with Crippen LogP contribution in [0, 0.1) is 0 Å². The van der Waals surface area contributed by atoms with Crippen LogP contribution >= 0.6 is 0 Å². The molecule has 1 aliphatic heterocycles. The lowest BCUT2D eigenvalue weighted by atomic mass is 9.95. The van der Waals surface area contributed by atoms with Gasteiger partial charge in [-0.2, -0.15) is 10.1 Å². The summed E-state index contributed by atoms with van der Waals surface area (Å²) >= 11 is 0. The Hall–Kier alpha value is -2.26. The minimum atomic E-state index is -0.168. The molecular formula is C17H23N5O4. The summed E-state index contributed by atoms with van der Waals surface area (Å²) in [6.07, 6.45) is 4.46. The van der Waals surface area contributed by atoms with Crippen molar-refractivity contribution in [2.45, 2.75) is 44.8 Å². The van der Waals surface area contributed by atoms with Crippen LogP contribution in [0.1, 0.15) is 46.3 Å². The van der Waals surface area contributed by atoms with Gasteiger partial charge in [0.2, 0.25) is 5.89 Å². The number of ether oxygens (including phenoxy) is 2. The normalized spacial score (nSPS) is 20.2. The first-order valence-electron chi connectivity index (χ1n) is 9.02. The Morgan fingerprint density at radius 1 is 1.38 bits per heavy atom. The van der Waals surface area contributed by atoms with Crippen LogP contribution < -0.4 is 0 Å². The van der Waals surface area contributed by atoms with Gasteiger partial charge in [-0.05, 0) is 25.7 Å². The van der Waals surface area contributed by atoms with Gasteiger partial charge in [-0.25, -0.2) is 0 Å². The van der Waals surface area contributed by atoms with Gasteiger partial charge in [-0.3, -0.25) is 9.89 Å². The number of rotatable bonds is 5. The number of H-pyrrole nitrogens is 1. The smallest absolute Gasteiger partial charge is 0.274 e. The van der Waals surface area contributed by atoms with E-state index >= 15 is 0 Å². The summed E-state index contributed by atoms with van der Waals surface area (Å²) in [6.45, 7) is 1.85. The van der Waals surface area contributed by atoms with Crippen LogP contribution in [0.3, 0.4) is 0 Å². The van der Waals surface area contributed by atoms with E-state index in [2.05, 4.69) is 20.3 Å². The maximum Gasteiger partial charge on any atom is 0.274 e. The molecule has 9 nitrogen and oxygen atoms in total. The highest BCUT2D eigenvalue weighted by Gasteiger charge is 2.30. The lowest BCUT2D eigenvalue weighted by molar-refractivity contribution is -0.0239. The SMILES string of the molecule is COCc1noc(CC2CN(C(=O)c3n[nH]c4c3CCCC4)CCO2)n1. The molecule has 1 atom stereocenters. The maximum absolute atomic E-state index is 12.9. The van der Waals surface area contributed by atoms with E-state index in [0.29, 0.717) is 50.1 Å². The zero-order valence-electron chi connectivity index (χ0n) is 14.9. The molecule has 9 heteroatoms. The second kappa shape index (κ2) is 7.55. The fraction of sp³-hybridized carbons (Fsp3) is 0.647. The number of nitrogens with zero attached hydrogens (tertiary/aromatic N) is 4. The van der Waals surface area contributed by atoms with Crippen molar-refractivity contribution in [2.24, 2.45) is 0 Å². The molecule has 26 heavy (non-hydrogen) atoms. The lowest BCUT2D eigenvalue weighted by Crippen LogP contribution is -2.46. The van der Waals surface area contributed by atoms with E-state index in [0.717, 1.165) is 36.9 Å². The number of hydrogen-bond acceptors (Lipinski definition) is 7. The highest BCUT2D eigenvalue weighted by atomic mass is 16.5. The first-order chi connectivity index (χ1) is 12.7. The number of carbonyl (C=O) groups excluding carboxylic acids is 1. The second-order valence-electron chi connectivity index (χ2n) is 6.72. The van der Waals surface area contributed by atoms with Crippen molar-refractivity contribution in [2.75, 3.05) is 26.8 Å². The van der Waals surface area contributed by atoms with Gasteiger partial charge in [0.25, 0.3) is 5.91 Å². The Bertz CT molecular complexity index is 771. The summed E-state index contributed by atoms with van der Waals surface area (Å²) in [5.41, 5.74) is 2.77. The fourth-order valence-electron chi connectivity index (χ4n) is 3.59. The van der Waals surface area contributed by atoms with E-state index in [1.54, 1.807) is 7.11 Å². The van der Waals surface area contributed by atoms with E-state index in [1.807, 2.05) is 4.90 Å². The second-order valence-corrected chi connectivity index (χ2v) is 6.72. The minimum Gasteiger partial charge on any atom is -0.377 e. The van der Waals surface area contributed by atoms with Crippen molar-refractivity contribution >= 4 is 5.91 Å². The number of aryl methyl sites for hydroxylation is 1. The van der Waals surface area contributed by atoms with Gasteiger partial charge in [0, 0.05) is 31.5 Å². The molecule has 2 aromatic heterocycles. The number of aromatic nitrogens is 4. The van der Waals surface area contributed by atoms with Gasteiger partial charge >= 0.3 is 0 Å². The topological polar surface area (TPSA) is 106 Å². The predicted octanol–water partition coefficient (Wildman–Crippen LogP) is 0.902. The molecule has 0 radical (unpaired) electrons. The van der Waals surface area contributed by atoms with Crippen molar-refractivity contribution in [1.82, 2.24) is 25.2 Å². The largest absolute Gasteiger partial charge is 0.377 e. The van der Waals surface area contributed by atoms with E-state index in [-0.39, 0.29) is 12.0 Å². The molecule has 2 aliphatic rings. The van der Waals surface area contributed by atoms with E-state index in [1.165, 1.54) is 0 Å². The number of carbonyl (C=O) groups is 1. The van der Waals surface area contributed by atoms with Crippen LogP contribution in [0.25, 0.3) is 0 Å². The highest BCUT2D eigenvalue weighted by Crippen LogP contribution is 2.24. The van der Waals surface area contributed by atoms with Crippen LogP contribution in [-0.4, -0.2) is 64.1 Å². The number of fused-ring (bicyclic) bond motifs is 1. The standard InChI is InChI=1S/C17H23N5O4/c1-24-10-14-18-15(26-21-14)8-11-9-22(6-7-25-11)17(23)16-12-4-2-3-5-13(12)19-20-16/h11H,2-10H2,1H3,(H,19,20). The fourth-order valence-corrected chi connectivity index (χ4v) is 3.59. The van der Waals surface area contributed by atoms with Crippen molar-refractivity contribution in [3.05, 3.63) is 28.7 Å². The van der Waals surface area contributed by atoms with Crippen LogP contribution in [0.2, 0.25) is 0 Å². The molecule has 2 aromatic rings. The van der Waals surface area contributed by atoms with Gasteiger partial charge in [-0.15, -0.1) is 0 Å². The molecule has 1 aliphatic carbocycles. The molecule has 0 bridgehead atoms. The van der Waals surface area contributed by atoms with Gasteiger partial charge in [0.05, 0.1) is 19.1 Å². The minimum absolute atomic E-state index is 0.0247. The summed E-state index contributed by atoms with van der Waals surface area (Å²) < 4.78 is 16.0. The maximum atomic E-state index is 12.9. The van der Waals surface area contributed by atoms with Gasteiger partial charge in [0.15, 0.2) is 11.5 Å². The zero-order valence-corrected chi connectivity index (χ0v) is 14.9. The third kappa shape index (κ3) is 3.49. The Morgan fingerprint density at radius 3 is 3.15 bits per heavy atom. The molecule has 1 fully saturated rings. The van der Waals surface area contributed by atoms with Crippen molar-refractivity contribution < 1.29 is 18.8 Å². The number of hydrogen-bond donors (Lipinski definition) is 1. The van der Waals surface area contributed by atoms with Crippen LogP contribution in [0.15, 0.2) is 4.52 Å². The van der Waals surface area contributed by atoms with Crippen molar-refractivity contribution in [1.29, 1.82) is 0 Å². The molecule has 1 unspecified atom stereocenters. The molecule has 0 aromatic carbocycles. The Morgan fingerprint density at radius 2 is 2.27 bits per heavy atom. The molecular weight excluding hydrogens is 338 g/mol. The van der Waals surface area contributed by atoms with Crippen LogP contribution in [-0.2, 0) is 35.3 Å². The predicted molar refractivity (Wildman–Crippen MR) is 89.6 cm³/mol. The summed E-state index contributed by atoms with van der Waals surface area (Å²) in [6, 6.07) is 0. The zero-order chi connectivity index (χ0) is 17.9. The molecule has 140 valence electrons. The van der Waals surface area contributed by atoms with Gasteiger partial charge < -0.3 is 18.9 Å². The molecule has 3 heterocycles. The molecule has 0 saturated carbocycles. The number of methoxy groups -OCH3 is 1. The lowest BCUT2D eigenvalue weighted by Gasteiger charge is -2.32. The first kappa shape index (κ1) is 17.2. The number of amides is 1. The number of morpholine rings is 1. The quantitative estimate of drug-likeness (QED) is 0.843. The van der Waals surface area contributed by atoms with E-state index < -0.39 is 0 Å². The molecule has 1 amide bonds. The first-order valence-corrected chi connectivity index (χ1v) is 9.02. The highest BCUT2D eigenvalue weighted by molar-refractivity contribution is 5.94. The third-order valence-electron chi connectivity index (χ3n) is 4.87. The number of aromatic amines is 1. The Kier molecular flexibility index (Phi) is 4.98. The molecule has 4 rings (SSSR count). The third-order valence-corrected chi connectivity index (χ3v) is 4.87. The monoisotopic (exact) mass is 361 g/mol. The van der Waals surface area contributed by atoms with Crippen LogP contribution in [0.4, 0.5) is 0 Å². The van der Waals surface area contributed by atoms with E-state index in [4.69, 9.17) is 14.0 Å². The average molecular weight is 361 g/mol.